The summed E-state index contributed by atoms with van der Waals surface area (Å²) < 4.78 is 33.5. The number of aryl methyl sites for hydroxylation is 1. The Morgan fingerprint density at radius 1 is 1.26 bits per heavy atom. The lowest BCUT2D eigenvalue weighted by atomic mass is 10.1. The molecule has 0 bridgehead atoms. The van der Waals surface area contributed by atoms with Crippen molar-refractivity contribution in [3.05, 3.63) is 70.6 Å². The first-order valence-corrected chi connectivity index (χ1v) is 13.7. The first kappa shape index (κ1) is 24.1. The van der Waals surface area contributed by atoms with Gasteiger partial charge >= 0.3 is 5.91 Å². The molecule has 0 saturated carbocycles. The Balaban J connectivity index is 1.75. The predicted octanol–water partition coefficient (Wildman–Crippen LogP) is 5.15. The minimum atomic E-state index is -3.51. The Bertz CT molecular complexity index is 1440. The SMILES string of the molecule is CCC(/C=C1\Oc2ccc(C)cc2N1CC)=C\c1sc2ccccc2[n+]1CC(=O)N=S(C)(=O)O. The van der Waals surface area contributed by atoms with Crippen LogP contribution in [0.15, 0.2) is 64.4 Å². The first-order valence-electron chi connectivity index (χ1n) is 11.1. The summed E-state index contributed by atoms with van der Waals surface area (Å²) in [5, 5.41) is 0.855. The molecule has 0 fully saturated rings. The summed E-state index contributed by atoms with van der Waals surface area (Å²) in [4.78, 5) is 14.6. The first-order chi connectivity index (χ1) is 16.2. The van der Waals surface area contributed by atoms with Gasteiger partial charge in [0.2, 0.25) is 17.9 Å². The summed E-state index contributed by atoms with van der Waals surface area (Å²) in [6, 6.07) is 13.9. The summed E-state index contributed by atoms with van der Waals surface area (Å²) in [6.45, 7) is 6.88. The lowest BCUT2D eigenvalue weighted by Gasteiger charge is -2.16. The van der Waals surface area contributed by atoms with E-state index in [0.717, 1.165) is 57.3 Å². The van der Waals surface area contributed by atoms with E-state index in [4.69, 9.17) is 4.74 Å². The molecule has 178 valence electrons. The number of carbonyl (C=O) groups excluding carboxylic acids is 1. The predicted molar refractivity (Wildman–Crippen MR) is 137 cm³/mol. The molecule has 2 heterocycles. The number of hydrogen-bond acceptors (Lipinski definition) is 5. The van der Waals surface area contributed by atoms with Crippen molar-refractivity contribution < 1.29 is 22.9 Å². The molecule has 7 nitrogen and oxygen atoms in total. The van der Waals surface area contributed by atoms with E-state index in [1.807, 2.05) is 53.1 Å². The highest BCUT2D eigenvalue weighted by Crippen LogP contribution is 2.40. The minimum absolute atomic E-state index is 0.114. The van der Waals surface area contributed by atoms with E-state index in [0.29, 0.717) is 0 Å². The number of ether oxygens (including phenoxy) is 1. The summed E-state index contributed by atoms with van der Waals surface area (Å²) in [5.41, 5.74) is 4.14. The average molecular weight is 499 g/mol. The fourth-order valence-corrected chi connectivity index (χ4v) is 5.46. The Morgan fingerprint density at radius 2 is 2.03 bits per heavy atom. The van der Waals surface area contributed by atoms with E-state index in [2.05, 4.69) is 36.1 Å². The Kier molecular flexibility index (Phi) is 6.88. The molecule has 9 heteroatoms. The van der Waals surface area contributed by atoms with E-state index in [1.54, 1.807) is 11.3 Å². The van der Waals surface area contributed by atoms with E-state index in [-0.39, 0.29) is 6.54 Å². The van der Waals surface area contributed by atoms with Gasteiger partial charge in [-0.1, -0.05) is 36.5 Å². The van der Waals surface area contributed by atoms with Crippen LogP contribution in [0.2, 0.25) is 0 Å². The van der Waals surface area contributed by atoms with Crippen LogP contribution < -0.4 is 14.2 Å². The number of fused-ring (bicyclic) bond motifs is 2. The van der Waals surface area contributed by atoms with Crippen molar-refractivity contribution in [2.45, 2.75) is 33.7 Å². The van der Waals surface area contributed by atoms with E-state index in [1.165, 1.54) is 5.56 Å². The van der Waals surface area contributed by atoms with Gasteiger partial charge in [-0.05, 0) is 49.6 Å². The van der Waals surface area contributed by atoms with Crippen molar-refractivity contribution in [3.8, 4) is 5.75 Å². The van der Waals surface area contributed by atoms with Crippen molar-refractivity contribution >= 4 is 49.2 Å². The van der Waals surface area contributed by atoms with Gasteiger partial charge in [0.15, 0.2) is 15.8 Å². The van der Waals surface area contributed by atoms with Gasteiger partial charge in [-0.3, -0.25) is 4.79 Å². The largest absolute Gasteiger partial charge is 0.439 e. The molecule has 0 aliphatic carbocycles. The topological polar surface area (TPSA) is 83.1 Å². The van der Waals surface area contributed by atoms with Crippen molar-refractivity contribution in [1.82, 2.24) is 0 Å². The highest BCUT2D eigenvalue weighted by atomic mass is 32.2. The normalized spacial score (nSPS) is 16.4. The standard InChI is InChI=1S/C25H27N3O4S2/c1-5-18(14-24-27(6-2)20-13-17(3)11-12-21(20)32-24)15-25-28(16-23(29)26-34(4,30)31)19-9-7-8-10-22(19)33-25/h7-15H,5-6,16H2,1-4H3/p+1. The van der Waals surface area contributed by atoms with Crippen molar-refractivity contribution in [1.29, 1.82) is 0 Å². The second-order valence-corrected chi connectivity index (χ2v) is 10.9. The smallest absolute Gasteiger partial charge is 0.321 e. The molecule has 1 atom stereocenters. The molecule has 1 aliphatic rings. The summed E-state index contributed by atoms with van der Waals surface area (Å²) in [5.74, 6) is 0.961. The third kappa shape index (κ3) is 5.22. The fourth-order valence-electron chi connectivity index (χ4n) is 3.88. The molecule has 1 N–H and O–H groups in total. The molecule has 4 rings (SSSR count). The molecular formula is C25H28N3O4S2+. The van der Waals surface area contributed by atoms with Crippen molar-refractivity contribution in [2.75, 3.05) is 17.7 Å². The summed E-state index contributed by atoms with van der Waals surface area (Å²) >= 11 is 1.56. The van der Waals surface area contributed by atoms with Gasteiger partial charge in [0.05, 0.1) is 5.69 Å². The molecule has 3 aromatic rings. The van der Waals surface area contributed by atoms with Crippen LogP contribution in [0.25, 0.3) is 16.3 Å². The molecular weight excluding hydrogens is 470 g/mol. The second kappa shape index (κ2) is 9.69. The van der Waals surface area contributed by atoms with Crippen LogP contribution in [0.4, 0.5) is 5.69 Å². The number of nitrogens with zero attached hydrogens (tertiary/aromatic N) is 3. The highest BCUT2D eigenvalue weighted by molar-refractivity contribution is 7.87. The Morgan fingerprint density at radius 3 is 2.74 bits per heavy atom. The number of para-hydroxylation sites is 1. The lowest BCUT2D eigenvalue weighted by molar-refractivity contribution is -0.655. The van der Waals surface area contributed by atoms with Gasteiger partial charge in [-0.2, -0.15) is 4.57 Å². The number of aromatic nitrogens is 1. The molecule has 0 saturated heterocycles. The highest BCUT2D eigenvalue weighted by Gasteiger charge is 2.26. The molecule has 1 aromatic heterocycles. The van der Waals surface area contributed by atoms with E-state index in [9.17, 15) is 13.6 Å². The number of benzene rings is 2. The number of rotatable bonds is 6. The molecule has 1 amide bonds. The number of anilines is 1. The van der Waals surface area contributed by atoms with Crippen LogP contribution in [0.1, 0.15) is 30.8 Å². The summed E-state index contributed by atoms with van der Waals surface area (Å²) in [7, 11) is -3.51. The van der Waals surface area contributed by atoms with Crippen LogP contribution >= 0.6 is 11.3 Å². The molecule has 0 radical (unpaired) electrons. The van der Waals surface area contributed by atoms with E-state index < -0.39 is 15.9 Å². The van der Waals surface area contributed by atoms with Crippen LogP contribution in [0, 0.1) is 6.92 Å². The van der Waals surface area contributed by atoms with Gasteiger partial charge in [0, 0.05) is 31.0 Å². The van der Waals surface area contributed by atoms with Crippen LogP contribution in [0.3, 0.4) is 0 Å². The average Bonchev–Trinajstić information content (AvgIpc) is 3.28. The molecule has 2 aromatic carbocycles. The lowest BCUT2D eigenvalue weighted by Crippen LogP contribution is -2.39. The molecule has 0 spiro atoms. The number of thiazole rings is 1. The quantitative estimate of drug-likeness (QED) is 0.476. The van der Waals surface area contributed by atoms with Gasteiger partial charge in [0.25, 0.3) is 5.01 Å². The van der Waals surface area contributed by atoms with Gasteiger partial charge < -0.3 is 14.2 Å². The van der Waals surface area contributed by atoms with Crippen molar-refractivity contribution in [2.24, 2.45) is 4.36 Å². The Labute approximate surface area is 204 Å². The van der Waals surface area contributed by atoms with Crippen LogP contribution in [-0.2, 0) is 21.3 Å². The maximum absolute atomic E-state index is 12.4. The second-order valence-electron chi connectivity index (χ2n) is 8.11. The fraction of sp³-hybridized carbons (Fsp3) is 0.280. The molecule has 1 unspecified atom stereocenters. The van der Waals surface area contributed by atoms with Gasteiger partial charge in [0.1, 0.15) is 4.70 Å². The third-order valence-corrected chi connectivity index (χ3v) is 7.08. The van der Waals surface area contributed by atoms with Crippen LogP contribution in [0.5, 0.6) is 5.75 Å². The zero-order chi connectivity index (χ0) is 24.5. The molecule has 34 heavy (non-hydrogen) atoms. The maximum Gasteiger partial charge on any atom is 0.321 e. The van der Waals surface area contributed by atoms with Crippen molar-refractivity contribution in [3.63, 3.8) is 0 Å². The Hall–Kier alpha value is -3.01. The summed E-state index contributed by atoms with van der Waals surface area (Å²) in [6.07, 6.45) is 5.86. The van der Waals surface area contributed by atoms with E-state index >= 15 is 0 Å². The van der Waals surface area contributed by atoms with Gasteiger partial charge in [-0.15, -0.1) is 4.36 Å². The number of hydrogen-bond donors (Lipinski definition) is 1. The molecule has 1 aliphatic heterocycles. The third-order valence-electron chi connectivity index (χ3n) is 5.43. The minimum Gasteiger partial charge on any atom is -0.439 e. The zero-order valence-electron chi connectivity index (χ0n) is 19.6. The zero-order valence-corrected chi connectivity index (χ0v) is 21.3. The van der Waals surface area contributed by atoms with Gasteiger partial charge in [-0.25, -0.2) is 4.21 Å². The number of amides is 1. The van der Waals surface area contributed by atoms with Crippen LogP contribution in [-0.4, -0.2) is 27.5 Å². The number of carbonyl (C=O) groups is 1. The monoisotopic (exact) mass is 498 g/mol. The number of allylic oxidation sites excluding steroid dienone is 2. The maximum atomic E-state index is 12.4.